The second-order valence-corrected chi connectivity index (χ2v) is 7.82. The van der Waals surface area contributed by atoms with Gasteiger partial charge >= 0.3 is 6.18 Å². The zero-order chi connectivity index (χ0) is 21.3. The van der Waals surface area contributed by atoms with E-state index in [-0.39, 0.29) is 11.9 Å². The van der Waals surface area contributed by atoms with Gasteiger partial charge in [-0.15, -0.1) is 0 Å². The first-order valence-corrected chi connectivity index (χ1v) is 10.1. The molecule has 0 radical (unpaired) electrons. The van der Waals surface area contributed by atoms with E-state index in [1.54, 1.807) is 13.1 Å². The summed E-state index contributed by atoms with van der Waals surface area (Å²) in [6.45, 7) is 5.04. The number of morpholine rings is 1. The van der Waals surface area contributed by atoms with E-state index < -0.39 is 11.7 Å². The summed E-state index contributed by atoms with van der Waals surface area (Å²) >= 11 is 0. The zero-order valence-corrected chi connectivity index (χ0v) is 16.8. The molecule has 0 bridgehead atoms. The normalized spacial score (nSPS) is 21.7. The van der Waals surface area contributed by atoms with Crippen LogP contribution in [0.3, 0.4) is 0 Å². The van der Waals surface area contributed by atoms with Crippen LogP contribution in [0, 0.1) is 0 Å². The molecular formula is C21H25F3N4O2. The Kier molecular flexibility index (Phi) is 5.84. The Labute approximate surface area is 173 Å². The fraction of sp³-hybridized carbons (Fsp3) is 0.524. The van der Waals surface area contributed by atoms with Crippen molar-refractivity contribution in [2.45, 2.75) is 38.0 Å². The third kappa shape index (κ3) is 4.37. The summed E-state index contributed by atoms with van der Waals surface area (Å²) < 4.78 is 44.1. The van der Waals surface area contributed by atoms with E-state index >= 15 is 0 Å². The van der Waals surface area contributed by atoms with Crippen LogP contribution < -0.4 is 0 Å². The molecule has 1 aromatic carbocycles. The van der Waals surface area contributed by atoms with E-state index in [9.17, 15) is 18.0 Å². The van der Waals surface area contributed by atoms with Crippen LogP contribution in [-0.2, 0) is 15.7 Å². The number of aromatic amines is 1. The highest BCUT2D eigenvalue weighted by Crippen LogP contribution is 2.32. The van der Waals surface area contributed by atoms with Gasteiger partial charge in [0, 0.05) is 32.6 Å². The zero-order valence-electron chi connectivity index (χ0n) is 16.8. The summed E-state index contributed by atoms with van der Waals surface area (Å²) in [4.78, 5) is 23.6. The minimum absolute atomic E-state index is 0.0455. The summed E-state index contributed by atoms with van der Waals surface area (Å²) in [5, 5.41) is 0. The topological polar surface area (TPSA) is 61.5 Å². The van der Waals surface area contributed by atoms with E-state index in [1.807, 2.05) is 4.90 Å². The average molecular weight is 422 g/mol. The molecule has 4 rings (SSSR count). The number of rotatable bonds is 3. The molecule has 9 heteroatoms. The number of aromatic nitrogens is 2. The van der Waals surface area contributed by atoms with Gasteiger partial charge in [-0.1, -0.05) is 12.1 Å². The first kappa shape index (κ1) is 20.9. The van der Waals surface area contributed by atoms with E-state index in [4.69, 9.17) is 4.74 Å². The maximum atomic E-state index is 12.8. The van der Waals surface area contributed by atoms with Crippen LogP contribution in [-0.4, -0.2) is 64.6 Å². The number of H-pyrrole nitrogens is 1. The SMILES string of the molecule is CC(=O)N1CCC(N2CCOC[C@H]2c2ncc(-c3ccc(C(F)(F)F)cc3)[nH]2)CC1. The van der Waals surface area contributed by atoms with Crippen molar-refractivity contribution in [1.82, 2.24) is 19.8 Å². The minimum Gasteiger partial charge on any atom is -0.378 e. The van der Waals surface area contributed by atoms with E-state index in [0.717, 1.165) is 50.4 Å². The van der Waals surface area contributed by atoms with Crippen LogP contribution in [0.15, 0.2) is 30.5 Å². The van der Waals surface area contributed by atoms with E-state index in [2.05, 4.69) is 14.9 Å². The molecule has 2 aromatic rings. The summed E-state index contributed by atoms with van der Waals surface area (Å²) in [5.74, 6) is 0.859. The van der Waals surface area contributed by atoms with Crippen molar-refractivity contribution in [1.29, 1.82) is 0 Å². The number of piperidine rings is 1. The quantitative estimate of drug-likeness (QED) is 0.823. The predicted octanol–water partition coefficient (Wildman–Crippen LogP) is 3.48. The lowest BCUT2D eigenvalue weighted by atomic mass is 10.00. The molecule has 2 saturated heterocycles. The third-order valence-electron chi connectivity index (χ3n) is 5.98. The fourth-order valence-corrected chi connectivity index (χ4v) is 4.29. The number of imidazole rings is 1. The fourth-order valence-electron chi connectivity index (χ4n) is 4.29. The number of hydrogen-bond donors (Lipinski definition) is 1. The van der Waals surface area contributed by atoms with Crippen molar-refractivity contribution in [3.8, 4) is 11.3 Å². The molecule has 1 N–H and O–H groups in total. The number of nitrogens with one attached hydrogen (secondary N) is 1. The van der Waals surface area contributed by atoms with Gasteiger partial charge in [-0.05, 0) is 30.5 Å². The number of carbonyl (C=O) groups is 1. The standard InChI is InChI=1S/C21H25F3N4O2/c1-14(29)27-8-6-17(7-9-27)28-10-11-30-13-19(28)20-25-12-18(26-20)15-2-4-16(5-3-15)21(22,23)24/h2-5,12,17,19H,6-11,13H2,1H3,(H,25,26)/t19-/m0/s1. The molecule has 0 spiro atoms. The molecule has 1 atom stereocenters. The van der Waals surface area contributed by atoms with Gasteiger partial charge in [0.25, 0.3) is 0 Å². The summed E-state index contributed by atoms with van der Waals surface area (Å²) in [7, 11) is 0. The summed E-state index contributed by atoms with van der Waals surface area (Å²) in [5.41, 5.74) is 0.658. The molecule has 2 aliphatic rings. The van der Waals surface area contributed by atoms with Crippen LogP contribution in [0.1, 0.15) is 37.2 Å². The second-order valence-electron chi connectivity index (χ2n) is 7.82. The third-order valence-corrected chi connectivity index (χ3v) is 5.98. The number of carbonyl (C=O) groups excluding carboxylic acids is 1. The van der Waals surface area contributed by atoms with Gasteiger partial charge in [0.15, 0.2) is 0 Å². The van der Waals surface area contributed by atoms with Gasteiger partial charge in [-0.25, -0.2) is 4.98 Å². The number of benzene rings is 1. The molecule has 2 fully saturated rings. The highest BCUT2D eigenvalue weighted by Gasteiger charge is 2.35. The van der Waals surface area contributed by atoms with Crippen molar-refractivity contribution in [2.75, 3.05) is 32.8 Å². The molecule has 3 heterocycles. The number of likely N-dealkylation sites (tertiary alicyclic amines) is 1. The Hall–Kier alpha value is -2.39. The molecule has 2 aliphatic heterocycles. The highest BCUT2D eigenvalue weighted by molar-refractivity contribution is 5.73. The van der Waals surface area contributed by atoms with Crippen molar-refractivity contribution in [3.05, 3.63) is 41.9 Å². The van der Waals surface area contributed by atoms with Crippen LogP contribution >= 0.6 is 0 Å². The lowest BCUT2D eigenvalue weighted by Gasteiger charge is -2.43. The molecule has 0 aliphatic carbocycles. The highest BCUT2D eigenvalue weighted by atomic mass is 19.4. The number of amides is 1. The number of halogens is 3. The lowest BCUT2D eigenvalue weighted by Crippen LogP contribution is -2.51. The number of ether oxygens (including phenoxy) is 1. The van der Waals surface area contributed by atoms with Crippen molar-refractivity contribution >= 4 is 5.91 Å². The number of hydrogen-bond acceptors (Lipinski definition) is 4. The Balaban J connectivity index is 1.49. The molecule has 0 unspecified atom stereocenters. The van der Waals surface area contributed by atoms with Gasteiger partial charge in [0.2, 0.25) is 5.91 Å². The maximum Gasteiger partial charge on any atom is 0.416 e. The van der Waals surface area contributed by atoms with Crippen molar-refractivity contribution in [3.63, 3.8) is 0 Å². The summed E-state index contributed by atoms with van der Waals surface area (Å²) in [6, 6.07) is 5.35. The summed E-state index contributed by atoms with van der Waals surface area (Å²) in [6.07, 6.45) is -0.885. The Morgan fingerprint density at radius 1 is 1.17 bits per heavy atom. The van der Waals surface area contributed by atoms with Crippen LogP contribution in [0.4, 0.5) is 13.2 Å². The Morgan fingerprint density at radius 2 is 1.87 bits per heavy atom. The Morgan fingerprint density at radius 3 is 2.50 bits per heavy atom. The number of alkyl halides is 3. The second kappa shape index (κ2) is 8.39. The average Bonchev–Trinajstić information content (AvgIpc) is 3.23. The van der Waals surface area contributed by atoms with Crippen LogP contribution in [0.5, 0.6) is 0 Å². The largest absolute Gasteiger partial charge is 0.416 e. The predicted molar refractivity (Wildman–Crippen MR) is 105 cm³/mol. The van der Waals surface area contributed by atoms with Gasteiger partial charge in [-0.3, -0.25) is 9.69 Å². The van der Waals surface area contributed by atoms with Crippen molar-refractivity contribution < 1.29 is 22.7 Å². The van der Waals surface area contributed by atoms with Gasteiger partial charge in [0.05, 0.1) is 36.7 Å². The Bertz CT molecular complexity index is 873. The molecular weight excluding hydrogens is 397 g/mol. The van der Waals surface area contributed by atoms with Crippen LogP contribution in [0.2, 0.25) is 0 Å². The molecule has 1 amide bonds. The van der Waals surface area contributed by atoms with Gasteiger partial charge in [0.1, 0.15) is 5.82 Å². The molecule has 162 valence electrons. The van der Waals surface area contributed by atoms with E-state index in [0.29, 0.717) is 30.5 Å². The molecule has 6 nitrogen and oxygen atoms in total. The maximum absolute atomic E-state index is 12.8. The molecule has 1 aromatic heterocycles. The first-order chi connectivity index (χ1) is 14.3. The minimum atomic E-state index is -4.35. The van der Waals surface area contributed by atoms with Gasteiger partial charge < -0.3 is 14.6 Å². The van der Waals surface area contributed by atoms with Gasteiger partial charge in [-0.2, -0.15) is 13.2 Å². The first-order valence-electron chi connectivity index (χ1n) is 10.1. The molecule has 0 saturated carbocycles. The van der Waals surface area contributed by atoms with Crippen molar-refractivity contribution in [2.24, 2.45) is 0 Å². The smallest absolute Gasteiger partial charge is 0.378 e. The van der Waals surface area contributed by atoms with E-state index in [1.165, 1.54) is 12.1 Å². The monoisotopic (exact) mass is 422 g/mol. The number of nitrogens with zero attached hydrogens (tertiary/aromatic N) is 3. The lowest BCUT2D eigenvalue weighted by molar-refractivity contribution is -0.137. The molecule has 30 heavy (non-hydrogen) atoms. The van der Waals surface area contributed by atoms with Crippen LogP contribution in [0.25, 0.3) is 11.3 Å².